The first kappa shape index (κ1) is 19.0. The Labute approximate surface area is 149 Å². The quantitative estimate of drug-likeness (QED) is 0.815. The Kier molecular flexibility index (Phi) is 5.85. The third-order valence-electron chi connectivity index (χ3n) is 4.08. The predicted molar refractivity (Wildman–Crippen MR) is 101 cm³/mol. The largest absolute Gasteiger partial charge is 0.326 e. The summed E-state index contributed by atoms with van der Waals surface area (Å²) in [4.78, 5) is 12.2. The Bertz CT molecular complexity index is 876. The Morgan fingerprint density at radius 2 is 1.80 bits per heavy atom. The van der Waals surface area contributed by atoms with Gasteiger partial charge in [0.25, 0.3) is 10.0 Å². The molecule has 0 aliphatic rings. The predicted octanol–water partition coefficient (Wildman–Crippen LogP) is 4.09. The first-order valence-corrected chi connectivity index (χ1v) is 9.72. The molecule has 1 amide bonds. The van der Waals surface area contributed by atoms with Crippen molar-refractivity contribution in [2.24, 2.45) is 5.92 Å². The van der Waals surface area contributed by atoms with Crippen LogP contribution in [-0.2, 0) is 14.8 Å². The highest BCUT2D eigenvalue weighted by Gasteiger charge is 2.19. The smallest absolute Gasteiger partial charge is 0.262 e. The van der Waals surface area contributed by atoms with Crippen molar-refractivity contribution in [1.82, 2.24) is 0 Å². The van der Waals surface area contributed by atoms with Crippen LogP contribution < -0.4 is 10.0 Å². The number of carbonyl (C=O) groups is 1. The van der Waals surface area contributed by atoms with Gasteiger partial charge in [-0.05, 0) is 55.7 Å². The van der Waals surface area contributed by atoms with Gasteiger partial charge in [-0.2, -0.15) is 0 Å². The fourth-order valence-corrected chi connectivity index (χ4v) is 3.66. The SMILES string of the molecule is CC[C@H](C)C(=O)Nc1ccc(C)c(S(=O)(=O)Nc2cccc(C)c2)c1. The van der Waals surface area contributed by atoms with E-state index in [1.54, 1.807) is 37.3 Å². The molecule has 2 aromatic carbocycles. The highest BCUT2D eigenvalue weighted by atomic mass is 32.2. The molecule has 0 heterocycles. The van der Waals surface area contributed by atoms with Gasteiger partial charge >= 0.3 is 0 Å². The van der Waals surface area contributed by atoms with E-state index in [2.05, 4.69) is 10.0 Å². The first-order valence-electron chi connectivity index (χ1n) is 8.24. The number of rotatable bonds is 6. The zero-order valence-electron chi connectivity index (χ0n) is 15.0. The molecule has 0 aliphatic carbocycles. The molecule has 1 atom stereocenters. The van der Waals surface area contributed by atoms with Crippen LogP contribution in [0.5, 0.6) is 0 Å². The summed E-state index contributed by atoms with van der Waals surface area (Å²) in [6.07, 6.45) is 0.720. The van der Waals surface area contributed by atoms with Crippen molar-refractivity contribution >= 4 is 27.3 Å². The summed E-state index contributed by atoms with van der Waals surface area (Å²) >= 11 is 0. The maximum Gasteiger partial charge on any atom is 0.262 e. The second kappa shape index (κ2) is 7.70. The molecule has 0 saturated heterocycles. The summed E-state index contributed by atoms with van der Waals surface area (Å²) in [5.74, 6) is -0.256. The van der Waals surface area contributed by atoms with Crippen LogP contribution in [0.1, 0.15) is 31.4 Å². The van der Waals surface area contributed by atoms with Crippen LogP contribution in [0, 0.1) is 19.8 Å². The number of sulfonamides is 1. The number of hydrogen-bond acceptors (Lipinski definition) is 3. The molecule has 0 radical (unpaired) electrons. The van der Waals surface area contributed by atoms with E-state index in [-0.39, 0.29) is 16.7 Å². The van der Waals surface area contributed by atoms with Crippen LogP contribution in [0.25, 0.3) is 0 Å². The van der Waals surface area contributed by atoms with E-state index in [1.807, 2.05) is 26.8 Å². The summed E-state index contributed by atoms with van der Waals surface area (Å²) < 4.78 is 28.1. The number of benzene rings is 2. The number of anilines is 2. The molecular weight excluding hydrogens is 336 g/mol. The Hall–Kier alpha value is -2.34. The Morgan fingerprint density at radius 1 is 1.08 bits per heavy atom. The van der Waals surface area contributed by atoms with Gasteiger partial charge in [0.15, 0.2) is 0 Å². The van der Waals surface area contributed by atoms with Crippen molar-refractivity contribution in [2.45, 2.75) is 39.0 Å². The number of amides is 1. The summed E-state index contributed by atoms with van der Waals surface area (Å²) in [5, 5.41) is 2.77. The van der Waals surface area contributed by atoms with Gasteiger partial charge in [0, 0.05) is 17.3 Å². The molecule has 0 fully saturated rings. The zero-order valence-corrected chi connectivity index (χ0v) is 15.8. The molecule has 0 unspecified atom stereocenters. The minimum Gasteiger partial charge on any atom is -0.326 e. The molecule has 25 heavy (non-hydrogen) atoms. The normalized spacial score (nSPS) is 12.5. The molecule has 0 aromatic heterocycles. The van der Waals surface area contributed by atoms with Gasteiger partial charge in [0.2, 0.25) is 5.91 Å². The van der Waals surface area contributed by atoms with Crippen LogP contribution in [-0.4, -0.2) is 14.3 Å². The topological polar surface area (TPSA) is 75.3 Å². The molecular formula is C19H24N2O3S. The van der Waals surface area contributed by atoms with Gasteiger partial charge in [0.05, 0.1) is 4.90 Å². The molecule has 2 N–H and O–H groups in total. The molecule has 0 spiro atoms. The molecule has 6 heteroatoms. The summed E-state index contributed by atoms with van der Waals surface area (Å²) in [7, 11) is -3.75. The van der Waals surface area contributed by atoms with Crippen molar-refractivity contribution in [3.8, 4) is 0 Å². The number of nitrogens with one attached hydrogen (secondary N) is 2. The highest BCUT2D eigenvalue weighted by Crippen LogP contribution is 2.24. The van der Waals surface area contributed by atoms with E-state index in [4.69, 9.17) is 0 Å². The first-order chi connectivity index (χ1) is 11.7. The number of hydrogen-bond donors (Lipinski definition) is 2. The second-order valence-electron chi connectivity index (χ2n) is 6.25. The molecule has 5 nitrogen and oxygen atoms in total. The van der Waals surface area contributed by atoms with Gasteiger partial charge < -0.3 is 5.32 Å². The average Bonchev–Trinajstić information content (AvgIpc) is 2.55. The van der Waals surface area contributed by atoms with Gasteiger partial charge in [0.1, 0.15) is 0 Å². The lowest BCUT2D eigenvalue weighted by Crippen LogP contribution is -2.20. The van der Waals surface area contributed by atoms with Crippen LogP contribution in [0.2, 0.25) is 0 Å². The van der Waals surface area contributed by atoms with Gasteiger partial charge in [-0.25, -0.2) is 8.42 Å². The lowest BCUT2D eigenvalue weighted by atomic mass is 10.1. The maximum atomic E-state index is 12.7. The fourth-order valence-electron chi connectivity index (χ4n) is 2.34. The van der Waals surface area contributed by atoms with E-state index in [0.717, 1.165) is 12.0 Å². The lowest BCUT2D eigenvalue weighted by molar-refractivity contribution is -0.119. The van der Waals surface area contributed by atoms with Crippen LogP contribution in [0.4, 0.5) is 11.4 Å². The highest BCUT2D eigenvalue weighted by molar-refractivity contribution is 7.92. The van der Waals surface area contributed by atoms with Gasteiger partial charge in [-0.1, -0.05) is 32.0 Å². The van der Waals surface area contributed by atoms with Crippen LogP contribution >= 0.6 is 0 Å². The molecule has 0 aliphatic heterocycles. The van der Waals surface area contributed by atoms with E-state index in [0.29, 0.717) is 16.9 Å². The molecule has 0 bridgehead atoms. The molecule has 0 saturated carbocycles. The summed E-state index contributed by atoms with van der Waals surface area (Å²) in [6.45, 7) is 7.39. The van der Waals surface area contributed by atoms with Crippen molar-refractivity contribution < 1.29 is 13.2 Å². The molecule has 134 valence electrons. The van der Waals surface area contributed by atoms with E-state index >= 15 is 0 Å². The van der Waals surface area contributed by atoms with E-state index in [9.17, 15) is 13.2 Å². The number of carbonyl (C=O) groups excluding carboxylic acids is 1. The zero-order chi connectivity index (χ0) is 18.6. The Morgan fingerprint density at radius 3 is 2.44 bits per heavy atom. The van der Waals surface area contributed by atoms with Crippen LogP contribution in [0.3, 0.4) is 0 Å². The van der Waals surface area contributed by atoms with Crippen molar-refractivity contribution in [2.75, 3.05) is 10.0 Å². The Balaban J connectivity index is 2.31. The maximum absolute atomic E-state index is 12.7. The van der Waals surface area contributed by atoms with Gasteiger partial charge in [-0.15, -0.1) is 0 Å². The summed E-state index contributed by atoms with van der Waals surface area (Å²) in [6, 6.07) is 12.1. The molecule has 2 rings (SSSR count). The fraction of sp³-hybridized carbons (Fsp3) is 0.316. The second-order valence-corrected chi connectivity index (χ2v) is 7.90. The van der Waals surface area contributed by atoms with E-state index < -0.39 is 10.0 Å². The van der Waals surface area contributed by atoms with Gasteiger partial charge in [-0.3, -0.25) is 9.52 Å². The van der Waals surface area contributed by atoms with Crippen LogP contribution in [0.15, 0.2) is 47.4 Å². The monoisotopic (exact) mass is 360 g/mol. The third kappa shape index (κ3) is 4.82. The molecule has 2 aromatic rings. The van der Waals surface area contributed by atoms with E-state index in [1.165, 1.54) is 6.07 Å². The third-order valence-corrected chi connectivity index (χ3v) is 5.60. The van der Waals surface area contributed by atoms with Crippen molar-refractivity contribution in [3.05, 3.63) is 53.6 Å². The minimum absolute atomic E-state index is 0.124. The summed E-state index contributed by atoms with van der Waals surface area (Å²) in [5.41, 5.74) is 2.56. The van der Waals surface area contributed by atoms with Crippen molar-refractivity contribution in [1.29, 1.82) is 0 Å². The van der Waals surface area contributed by atoms with Crippen molar-refractivity contribution in [3.63, 3.8) is 0 Å². The lowest BCUT2D eigenvalue weighted by Gasteiger charge is -2.14. The standard InChI is InChI=1S/C19H24N2O3S/c1-5-14(3)19(22)20-16-10-9-15(4)18(12-16)25(23,24)21-17-8-6-7-13(2)11-17/h6-12,14,21H,5H2,1-4H3,(H,20,22)/t14-/m0/s1. The minimum atomic E-state index is -3.75. The number of aryl methyl sites for hydroxylation is 2. The average molecular weight is 360 g/mol.